The molecular formula is C18H18F3N5O2. The zero-order valence-corrected chi connectivity index (χ0v) is 15.1. The van der Waals surface area contributed by atoms with Gasteiger partial charge in [0, 0.05) is 11.3 Å². The van der Waals surface area contributed by atoms with E-state index in [9.17, 15) is 18.0 Å². The van der Waals surface area contributed by atoms with Crippen molar-refractivity contribution in [1.29, 1.82) is 0 Å². The zero-order chi connectivity index (χ0) is 20.6. The topological polar surface area (TPSA) is 116 Å². The maximum atomic E-state index is 13.7. The molecule has 7 nitrogen and oxygen atoms in total. The van der Waals surface area contributed by atoms with Crippen molar-refractivity contribution in [1.82, 2.24) is 9.97 Å². The Bertz CT molecular complexity index is 972. The molecule has 0 amide bonds. The Morgan fingerprint density at radius 1 is 1.25 bits per heavy atom. The van der Waals surface area contributed by atoms with Crippen LogP contribution < -0.4 is 16.8 Å². The average molecular weight is 393 g/mol. The van der Waals surface area contributed by atoms with Crippen LogP contribution >= 0.6 is 0 Å². The molecule has 2 aromatic rings. The summed E-state index contributed by atoms with van der Waals surface area (Å²) >= 11 is 0. The second kappa shape index (κ2) is 7.02. The Labute approximate surface area is 158 Å². The minimum Gasteiger partial charge on any atom is -0.463 e. The number of carbonyl (C=O) groups is 1. The van der Waals surface area contributed by atoms with E-state index in [0.717, 1.165) is 6.07 Å². The number of benzene rings is 1. The number of fused-ring (bicyclic) bond motifs is 1. The molecule has 1 aromatic carbocycles. The molecule has 1 aliphatic rings. The Hall–Kier alpha value is -3.30. The Kier molecular flexibility index (Phi) is 4.88. The SMILES string of the molecule is CCOC(=O)C1=C(C)Nc2nc(N)nc(N)c2C1c1ccccc1C(F)(F)F. The summed E-state index contributed by atoms with van der Waals surface area (Å²) in [7, 11) is 0. The number of esters is 1. The van der Waals surface area contributed by atoms with Gasteiger partial charge in [-0.2, -0.15) is 23.1 Å². The molecule has 0 saturated heterocycles. The van der Waals surface area contributed by atoms with E-state index < -0.39 is 23.6 Å². The van der Waals surface area contributed by atoms with E-state index in [1.54, 1.807) is 13.8 Å². The third-order valence-electron chi connectivity index (χ3n) is 4.35. The molecule has 3 rings (SSSR count). The summed E-state index contributed by atoms with van der Waals surface area (Å²) in [4.78, 5) is 20.5. The Morgan fingerprint density at radius 3 is 2.57 bits per heavy atom. The van der Waals surface area contributed by atoms with Gasteiger partial charge in [0.15, 0.2) is 0 Å². The highest BCUT2D eigenvalue weighted by atomic mass is 19.4. The van der Waals surface area contributed by atoms with Crippen LogP contribution in [0.1, 0.15) is 36.5 Å². The maximum absolute atomic E-state index is 13.7. The standard InChI is InChI=1S/C18H18F3N5O2/c1-3-28-16(27)11-8(2)24-15-13(14(22)25-17(23)26-15)12(11)9-6-4-5-7-10(9)18(19,20)21/h4-7,12H,3H2,1-2H3,(H5,22,23,24,25,26). The first-order valence-corrected chi connectivity index (χ1v) is 8.39. The summed E-state index contributed by atoms with van der Waals surface area (Å²) < 4.78 is 46.1. The molecule has 0 radical (unpaired) electrons. The van der Waals surface area contributed by atoms with Crippen LogP contribution in [-0.4, -0.2) is 22.5 Å². The highest BCUT2D eigenvalue weighted by molar-refractivity contribution is 5.95. The number of allylic oxidation sites excluding steroid dienone is 1. The fourth-order valence-electron chi connectivity index (χ4n) is 3.29. The highest BCUT2D eigenvalue weighted by Crippen LogP contribution is 2.47. The minimum atomic E-state index is -4.64. The largest absolute Gasteiger partial charge is 0.463 e. The maximum Gasteiger partial charge on any atom is 0.416 e. The molecule has 28 heavy (non-hydrogen) atoms. The van der Waals surface area contributed by atoms with Crippen molar-refractivity contribution in [3.05, 3.63) is 52.2 Å². The average Bonchev–Trinajstić information content (AvgIpc) is 2.59. The number of aromatic nitrogens is 2. The quantitative estimate of drug-likeness (QED) is 0.686. The van der Waals surface area contributed by atoms with Gasteiger partial charge in [0.1, 0.15) is 11.6 Å². The molecule has 2 heterocycles. The number of anilines is 3. The number of alkyl halides is 3. The van der Waals surface area contributed by atoms with E-state index in [2.05, 4.69) is 15.3 Å². The summed E-state index contributed by atoms with van der Waals surface area (Å²) in [6, 6.07) is 4.98. The molecule has 10 heteroatoms. The molecule has 1 unspecified atom stereocenters. The van der Waals surface area contributed by atoms with Crippen molar-refractivity contribution in [3.8, 4) is 0 Å². The summed E-state index contributed by atoms with van der Waals surface area (Å²) in [5, 5.41) is 2.88. The second-order valence-electron chi connectivity index (χ2n) is 6.13. The van der Waals surface area contributed by atoms with Gasteiger partial charge in [-0.05, 0) is 25.5 Å². The van der Waals surface area contributed by atoms with Gasteiger partial charge < -0.3 is 21.5 Å². The van der Waals surface area contributed by atoms with E-state index in [0.29, 0.717) is 5.70 Å². The first-order chi connectivity index (χ1) is 13.1. The lowest BCUT2D eigenvalue weighted by Crippen LogP contribution is -2.28. The van der Waals surface area contributed by atoms with Crippen LogP contribution in [0.5, 0.6) is 0 Å². The fraction of sp³-hybridized carbons (Fsp3) is 0.278. The number of carbonyl (C=O) groups excluding carboxylic acids is 1. The number of hydrogen-bond acceptors (Lipinski definition) is 7. The molecule has 1 atom stereocenters. The zero-order valence-electron chi connectivity index (χ0n) is 15.1. The molecule has 1 aromatic heterocycles. The summed E-state index contributed by atoms with van der Waals surface area (Å²) in [5.41, 5.74) is 11.0. The van der Waals surface area contributed by atoms with Gasteiger partial charge in [-0.15, -0.1) is 0 Å². The third kappa shape index (κ3) is 3.32. The number of nitrogens with zero attached hydrogens (tertiary/aromatic N) is 2. The minimum absolute atomic E-state index is 0.00567. The lowest BCUT2D eigenvalue weighted by Gasteiger charge is -2.31. The molecule has 0 aliphatic carbocycles. The van der Waals surface area contributed by atoms with Crippen molar-refractivity contribution in [2.24, 2.45) is 0 Å². The van der Waals surface area contributed by atoms with Gasteiger partial charge in [0.25, 0.3) is 0 Å². The summed E-state index contributed by atoms with van der Waals surface area (Å²) in [6.45, 7) is 3.21. The summed E-state index contributed by atoms with van der Waals surface area (Å²) in [5.74, 6) is -2.03. The molecule has 0 fully saturated rings. The Balaban J connectivity index is 2.34. The van der Waals surface area contributed by atoms with E-state index in [4.69, 9.17) is 16.2 Å². The van der Waals surface area contributed by atoms with E-state index in [-0.39, 0.29) is 40.9 Å². The van der Waals surface area contributed by atoms with Crippen LogP contribution in [0.3, 0.4) is 0 Å². The van der Waals surface area contributed by atoms with Crippen LogP contribution in [0.25, 0.3) is 0 Å². The van der Waals surface area contributed by atoms with Gasteiger partial charge in [0.2, 0.25) is 5.95 Å². The number of hydrogen-bond donors (Lipinski definition) is 3. The predicted molar refractivity (Wildman–Crippen MR) is 97.1 cm³/mol. The molecular weight excluding hydrogens is 375 g/mol. The normalized spacial score (nSPS) is 16.4. The monoisotopic (exact) mass is 393 g/mol. The number of nitrogens with two attached hydrogens (primary N) is 2. The van der Waals surface area contributed by atoms with Crippen LogP contribution in [0.15, 0.2) is 35.5 Å². The lowest BCUT2D eigenvalue weighted by atomic mass is 9.80. The number of ether oxygens (including phenoxy) is 1. The number of halogens is 3. The molecule has 0 saturated carbocycles. The number of rotatable bonds is 3. The second-order valence-corrected chi connectivity index (χ2v) is 6.13. The van der Waals surface area contributed by atoms with Crippen LogP contribution in [-0.2, 0) is 15.7 Å². The number of nitrogen functional groups attached to an aromatic ring is 2. The van der Waals surface area contributed by atoms with E-state index >= 15 is 0 Å². The first-order valence-electron chi connectivity index (χ1n) is 8.39. The molecule has 5 N–H and O–H groups in total. The fourth-order valence-corrected chi connectivity index (χ4v) is 3.29. The lowest BCUT2D eigenvalue weighted by molar-refractivity contribution is -0.140. The van der Waals surface area contributed by atoms with Crippen LogP contribution in [0.4, 0.5) is 30.8 Å². The summed E-state index contributed by atoms with van der Waals surface area (Å²) in [6.07, 6.45) is -4.64. The van der Waals surface area contributed by atoms with Gasteiger partial charge in [-0.25, -0.2) is 4.79 Å². The number of nitrogens with one attached hydrogen (secondary N) is 1. The van der Waals surface area contributed by atoms with E-state index in [1.807, 2.05) is 0 Å². The Morgan fingerprint density at radius 2 is 1.93 bits per heavy atom. The third-order valence-corrected chi connectivity index (χ3v) is 4.35. The van der Waals surface area contributed by atoms with Gasteiger partial charge >= 0.3 is 12.1 Å². The predicted octanol–water partition coefficient (Wildman–Crippen LogP) is 3.05. The van der Waals surface area contributed by atoms with Gasteiger partial charge in [-0.3, -0.25) is 0 Å². The van der Waals surface area contributed by atoms with Crippen molar-refractivity contribution in [2.75, 3.05) is 23.4 Å². The molecule has 0 spiro atoms. The van der Waals surface area contributed by atoms with Crippen LogP contribution in [0, 0.1) is 0 Å². The molecule has 1 aliphatic heterocycles. The highest BCUT2D eigenvalue weighted by Gasteiger charge is 2.42. The van der Waals surface area contributed by atoms with Gasteiger partial charge in [0.05, 0.1) is 23.7 Å². The molecule has 0 bridgehead atoms. The van der Waals surface area contributed by atoms with Crippen molar-refractivity contribution in [2.45, 2.75) is 25.9 Å². The van der Waals surface area contributed by atoms with E-state index in [1.165, 1.54) is 18.2 Å². The van der Waals surface area contributed by atoms with Crippen LogP contribution in [0.2, 0.25) is 0 Å². The van der Waals surface area contributed by atoms with Crippen molar-refractivity contribution >= 4 is 23.6 Å². The van der Waals surface area contributed by atoms with Gasteiger partial charge in [-0.1, -0.05) is 18.2 Å². The smallest absolute Gasteiger partial charge is 0.416 e. The molecule has 148 valence electrons. The van der Waals surface area contributed by atoms with Crippen molar-refractivity contribution in [3.63, 3.8) is 0 Å². The first kappa shape index (κ1) is 19.5. The van der Waals surface area contributed by atoms with Crippen molar-refractivity contribution < 1.29 is 22.7 Å².